The zero-order valence-corrected chi connectivity index (χ0v) is 16.9. The third-order valence-electron chi connectivity index (χ3n) is 4.08. The van der Waals surface area contributed by atoms with Gasteiger partial charge < -0.3 is 10.7 Å². The minimum atomic E-state index is -0.251. The van der Waals surface area contributed by atoms with Crippen molar-refractivity contribution in [2.45, 2.75) is 40.0 Å². The molecule has 3 aromatic heterocycles. The number of hydrazine groups is 1. The third-order valence-corrected chi connectivity index (χ3v) is 4.08. The van der Waals surface area contributed by atoms with E-state index < -0.39 is 0 Å². The highest BCUT2D eigenvalue weighted by atomic mass is 15.5. The van der Waals surface area contributed by atoms with E-state index in [1.165, 1.54) is 6.92 Å². The lowest BCUT2D eigenvalue weighted by molar-refractivity contribution is 0.562. The molecular weight excluding hydrogens is 370 g/mol. The van der Waals surface area contributed by atoms with Crippen LogP contribution >= 0.6 is 0 Å². The molecule has 0 atom stereocenters. The number of aryl methyl sites for hydroxylation is 1. The molecule has 0 spiro atoms. The number of aromatic amines is 1. The number of fused-ring (bicyclic) bond motifs is 1. The van der Waals surface area contributed by atoms with Crippen LogP contribution in [0.3, 0.4) is 0 Å². The van der Waals surface area contributed by atoms with Gasteiger partial charge in [0.05, 0.1) is 5.69 Å². The topological polar surface area (TPSA) is 155 Å². The van der Waals surface area contributed by atoms with Crippen LogP contribution in [0.1, 0.15) is 39.2 Å². The average molecular weight is 393 g/mol. The van der Waals surface area contributed by atoms with Crippen LogP contribution in [-0.2, 0) is 5.41 Å². The molecule has 11 nitrogen and oxygen atoms in total. The van der Waals surface area contributed by atoms with Crippen LogP contribution in [0.25, 0.3) is 5.65 Å². The molecule has 0 amide bonds. The number of anilines is 2. The molecule has 11 heteroatoms. The van der Waals surface area contributed by atoms with Crippen LogP contribution in [0.5, 0.6) is 0 Å². The average Bonchev–Trinajstić information content (AvgIpc) is 3.20. The Morgan fingerprint density at radius 3 is 2.55 bits per heavy atom. The monoisotopic (exact) mass is 393 g/mol. The molecule has 3 rings (SSSR count). The summed E-state index contributed by atoms with van der Waals surface area (Å²) in [7, 11) is 0. The number of nitrogens with one attached hydrogen (secondary N) is 5. The van der Waals surface area contributed by atoms with Gasteiger partial charge in [-0.15, -0.1) is 0 Å². The Bertz CT molecular complexity index is 1110. The molecule has 0 saturated carbocycles. The number of allylic oxidation sites excluding steroid dienone is 1. The van der Waals surface area contributed by atoms with Gasteiger partial charge in [0.2, 0.25) is 5.95 Å². The molecule has 0 radical (unpaired) electrons. The Hall–Kier alpha value is -3.94. The lowest BCUT2D eigenvalue weighted by Gasteiger charge is -2.20. The lowest BCUT2D eigenvalue weighted by atomic mass is 9.91. The van der Waals surface area contributed by atoms with Crippen molar-refractivity contribution < 1.29 is 0 Å². The molecule has 0 aliphatic heterocycles. The first kappa shape index (κ1) is 19.8. The van der Waals surface area contributed by atoms with Crippen molar-refractivity contribution in [1.82, 2.24) is 35.2 Å². The second kappa shape index (κ2) is 7.59. The van der Waals surface area contributed by atoms with E-state index in [0.29, 0.717) is 17.3 Å². The van der Waals surface area contributed by atoms with Gasteiger partial charge in [-0.25, -0.2) is 9.97 Å². The van der Waals surface area contributed by atoms with Crippen LogP contribution in [0.2, 0.25) is 0 Å². The highest BCUT2D eigenvalue weighted by Gasteiger charge is 2.26. The summed E-state index contributed by atoms with van der Waals surface area (Å²) in [6, 6.07) is 3.72. The summed E-state index contributed by atoms with van der Waals surface area (Å²) in [4.78, 5) is 8.23. The number of aromatic nitrogens is 6. The van der Waals surface area contributed by atoms with E-state index in [1.54, 1.807) is 23.0 Å². The van der Waals surface area contributed by atoms with Gasteiger partial charge in [-0.1, -0.05) is 20.8 Å². The Morgan fingerprint density at radius 2 is 1.97 bits per heavy atom. The summed E-state index contributed by atoms with van der Waals surface area (Å²) in [5.41, 5.74) is 8.24. The maximum atomic E-state index is 9.53. The standard InChI is InChI=1S/C18H23N11/c1-10(20)12(9-19)15(23-17-21-7-6-8-22-17)26-25-13-14(18(3,4)5)28-29-11(2)24-27-16(13)29/h6-8,20,25-27H,1-5H3,(H,21,22,23)/b15-12+,20-10?. The second-order valence-electron chi connectivity index (χ2n) is 7.44. The number of nitriles is 1. The van der Waals surface area contributed by atoms with Crippen LogP contribution in [-0.4, -0.2) is 35.5 Å². The van der Waals surface area contributed by atoms with Gasteiger partial charge in [0.1, 0.15) is 29.0 Å². The van der Waals surface area contributed by atoms with Crippen molar-refractivity contribution in [1.29, 1.82) is 10.7 Å². The Kier molecular flexibility index (Phi) is 5.18. The predicted octanol–water partition coefficient (Wildman–Crippen LogP) is 2.26. The summed E-state index contributed by atoms with van der Waals surface area (Å²) in [6.07, 6.45) is 3.16. The van der Waals surface area contributed by atoms with E-state index in [0.717, 1.165) is 11.5 Å². The minimum Gasteiger partial charge on any atom is -0.308 e. The summed E-state index contributed by atoms with van der Waals surface area (Å²) in [5.74, 6) is 1.26. The molecule has 3 heterocycles. The van der Waals surface area contributed by atoms with Gasteiger partial charge in [0.15, 0.2) is 5.65 Å². The zero-order valence-electron chi connectivity index (χ0n) is 16.9. The summed E-state index contributed by atoms with van der Waals surface area (Å²) in [6.45, 7) is 9.55. The molecule has 3 aromatic rings. The molecular formula is C18H23N11. The zero-order chi connectivity index (χ0) is 21.2. The van der Waals surface area contributed by atoms with Gasteiger partial charge in [0.25, 0.3) is 0 Å². The SMILES string of the molecule is CC(=N)/C(C#N)=C(/NNc1c(C(C)(C)C)nn2c(C)n[nH]c12)Nc1ncccn1. The molecule has 0 unspecified atom stereocenters. The Labute approximate surface area is 167 Å². The van der Waals surface area contributed by atoms with Gasteiger partial charge >= 0.3 is 0 Å². The number of rotatable bonds is 6. The van der Waals surface area contributed by atoms with Gasteiger partial charge in [-0.3, -0.25) is 16.0 Å². The second-order valence-corrected chi connectivity index (χ2v) is 7.44. The van der Waals surface area contributed by atoms with Crippen molar-refractivity contribution >= 4 is 23.0 Å². The van der Waals surface area contributed by atoms with Crippen LogP contribution in [0.15, 0.2) is 29.9 Å². The number of nitrogens with zero attached hydrogens (tertiary/aromatic N) is 6. The normalized spacial score (nSPS) is 12.3. The van der Waals surface area contributed by atoms with E-state index in [9.17, 15) is 5.26 Å². The minimum absolute atomic E-state index is 0.0915. The van der Waals surface area contributed by atoms with Crippen molar-refractivity contribution in [2.24, 2.45) is 0 Å². The molecule has 0 saturated heterocycles. The summed E-state index contributed by atoms with van der Waals surface area (Å²) in [5, 5.41) is 32.2. The highest BCUT2D eigenvalue weighted by Crippen LogP contribution is 2.31. The van der Waals surface area contributed by atoms with Crippen molar-refractivity contribution in [3.05, 3.63) is 41.4 Å². The molecule has 0 fully saturated rings. The van der Waals surface area contributed by atoms with Gasteiger partial charge in [-0.05, 0) is 19.9 Å². The molecule has 5 N–H and O–H groups in total. The highest BCUT2D eigenvalue weighted by molar-refractivity contribution is 6.00. The number of hydrogen-bond acceptors (Lipinski definition) is 9. The smallest absolute Gasteiger partial charge is 0.228 e. The first-order valence-electron chi connectivity index (χ1n) is 8.92. The van der Waals surface area contributed by atoms with Crippen molar-refractivity contribution in [3.8, 4) is 6.07 Å². The third kappa shape index (κ3) is 4.01. The molecule has 0 aliphatic rings. The molecule has 150 valence electrons. The largest absolute Gasteiger partial charge is 0.308 e. The van der Waals surface area contributed by atoms with E-state index in [1.807, 2.05) is 13.0 Å². The molecule has 0 bridgehead atoms. The first-order chi connectivity index (χ1) is 13.7. The van der Waals surface area contributed by atoms with E-state index in [-0.39, 0.29) is 22.5 Å². The Balaban J connectivity index is 2.00. The summed E-state index contributed by atoms with van der Waals surface area (Å²) >= 11 is 0. The van der Waals surface area contributed by atoms with Gasteiger partial charge in [0, 0.05) is 23.5 Å². The first-order valence-corrected chi connectivity index (χ1v) is 8.92. The van der Waals surface area contributed by atoms with Crippen LogP contribution in [0.4, 0.5) is 11.6 Å². The van der Waals surface area contributed by atoms with E-state index in [2.05, 4.69) is 62.2 Å². The fourth-order valence-electron chi connectivity index (χ4n) is 2.66. The van der Waals surface area contributed by atoms with Crippen molar-refractivity contribution in [3.63, 3.8) is 0 Å². The van der Waals surface area contributed by atoms with Gasteiger partial charge in [-0.2, -0.15) is 20.0 Å². The number of H-pyrrole nitrogens is 1. The fourth-order valence-corrected chi connectivity index (χ4v) is 2.66. The van der Waals surface area contributed by atoms with Crippen LogP contribution < -0.4 is 16.2 Å². The quantitative estimate of drug-likeness (QED) is 0.242. The maximum Gasteiger partial charge on any atom is 0.228 e. The fraction of sp³-hybridized carbons (Fsp3) is 0.333. The number of hydrogen-bond donors (Lipinski definition) is 5. The Morgan fingerprint density at radius 1 is 1.28 bits per heavy atom. The molecule has 0 aliphatic carbocycles. The lowest BCUT2D eigenvalue weighted by Crippen LogP contribution is -2.30. The van der Waals surface area contributed by atoms with Crippen molar-refractivity contribution in [2.75, 3.05) is 10.7 Å². The van der Waals surface area contributed by atoms with Crippen LogP contribution in [0, 0.1) is 23.7 Å². The predicted molar refractivity (Wildman–Crippen MR) is 109 cm³/mol. The molecule has 29 heavy (non-hydrogen) atoms. The van der Waals surface area contributed by atoms with E-state index >= 15 is 0 Å². The summed E-state index contributed by atoms with van der Waals surface area (Å²) < 4.78 is 1.72. The maximum absolute atomic E-state index is 9.53. The molecule has 0 aromatic carbocycles. The van der Waals surface area contributed by atoms with E-state index in [4.69, 9.17) is 5.41 Å².